The Balaban J connectivity index is 1.44. The number of fused-ring (bicyclic) bond motifs is 1. The average Bonchev–Trinajstić information content (AvgIpc) is 2.77. The van der Waals surface area contributed by atoms with E-state index in [1.165, 1.54) is 0 Å². The second-order valence-electron chi connectivity index (χ2n) is 7.53. The van der Waals surface area contributed by atoms with Crippen LogP contribution in [0.25, 0.3) is 0 Å². The van der Waals surface area contributed by atoms with Crippen LogP contribution in [-0.2, 0) is 23.7 Å². The normalized spacial score (nSPS) is 46.9. The number of rotatable bonds is 4. The first-order valence-electron chi connectivity index (χ1n) is 9.70. The smallest absolute Gasteiger partial charge is 0.187 e. The minimum atomic E-state index is -1.71. The van der Waals surface area contributed by atoms with Crippen molar-refractivity contribution >= 4 is 0 Å². The van der Waals surface area contributed by atoms with Crippen molar-refractivity contribution in [1.29, 1.82) is 0 Å². The molecule has 0 bridgehead atoms. The van der Waals surface area contributed by atoms with Gasteiger partial charge >= 0.3 is 0 Å². The summed E-state index contributed by atoms with van der Waals surface area (Å²) in [4.78, 5) is 0. The van der Waals surface area contributed by atoms with Crippen LogP contribution in [0.2, 0.25) is 0 Å². The summed E-state index contributed by atoms with van der Waals surface area (Å²) >= 11 is 0. The number of benzene rings is 1. The maximum Gasteiger partial charge on any atom is 0.187 e. The van der Waals surface area contributed by atoms with Crippen molar-refractivity contribution in [3.8, 4) is 0 Å². The van der Waals surface area contributed by atoms with Gasteiger partial charge in [0.15, 0.2) is 18.9 Å². The van der Waals surface area contributed by atoms with Crippen LogP contribution in [0.1, 0.15) is 11.9 Å². The minimum absolute atomic E-state index is 0.0440. The Morgan fingerprint density at radius 1 is 0.867 bits per heavy atom. The minimum Gasteiger partial charge on any atom is -0.394 e. The standard InChI is InChI=1S/C19H26O11/c20-6-9-15(11(21)13(23)17(25)27-9)30-19-14(24)12(22)16-10(28-19)7-26-18(29-16)8-4-2-1-3-5-8/h1-5,9-25H,6-7H2/t9-,10-,11-,12-,13-,14-,15-,16-,17?,18-,19+/m1/s1. The molecule has 11 nitrogen and oxygen atoms in total. The van der Waals surface area contributed by atoms with E-state index in [4.69, 9.17) is 23.7 Å². The van der Waals surface area contributed by atoms with E-state index in [-0.39, 0.29) is 6.61 Å². The highest BCUT2D eigenvalue weighted by molar-refractivity contribution is 5.16. The Hall–Kier alpha value is -1.22. The van der Waals surface area contributed by atoms with Gasteiger partial charge in [-0.2, -0.15) is 0 Å². The lowest BCUT2D eigenvalue weighted by Crippen LogP contribution is -2.65. The fourth-order valence-electron chi connectivity index (χ4n) is 3.86. The molecule has 168 valence electrons. The van der Waals surface area contributed by atoms with Crippen LogP contribution >= 0.6 is 0 Å². The summed E-state index contributed by atoms with van der Waals surface area (Å²) in [5.74, 6) is 0. The molecule has 1 unspecified atom stereocenters. The van der Waals surface area contributed by atoms with Crippen molar-refractivity contribution < 1.29 is 54.3 Å². The highest BCUT2D eigenvalue weighted by Gasteiger charge is 2.52. The Bertz CT molecular complexity index is 686. The fourth-order valence-corrected chi connectivity index (χ4v) is 3.86. The van der Waals surface area contributed by atoms with E-state index in [0.717, 1.165) is 5.56 Å². The Kier molecular flexibility index (Phi) is 6.67. The third-order valence-electron chi connectivity index (χ3n) is 5.54. The molecule has 0 radical (unpaired) electrons. The Morgan fingerprint density at radius 3 is 2.30 bits per heavy atom. The van der Waals surface area contributed by atoms with Gasteiger partial charge in [-0.05, 0) is 0 Å². The molecule has 3 heterocycles. The highest BCUT2D eigenvalue weighted by atomic mass is 16.8. The van der Waals surface area contributed by atoms with E-state index in [1.54, 1.807) is 0 Å². The number of hydrogen-bond donors (Lipinski definition) is 6. The molecule has 1 aromatic rings. The zero-order valence-electron chi connectivity index (χ0n) is 15.9. The van der Waals surface area contributed by atoms with Gasteiger partial charge in [0.1, 0.15) is 48.8 Å². The molecule has 3 fully saturated rings. The first kappa shape index (κ1) is 22.0. The summed E-state index contributed by atoms with van der Waals surface area (Å²) in [6.45, 7) is -0.587. The topological polar surface area (TPSA) is 168 Å². The summed E-state index contributed by atoms with van der Waals surface area (Å²) in [6, 6.07) is 9.10. The average molecular weight is 430 g/mol. The molecule has 3 aliphatic heterocycles. The van der Waals surface area contributed by atoms with Gasteiger partial charge in [0.25, 0.3) is 0 Å². The largest absolute Gasteiger partial charge is 0.394 e. The van der Waals surface area contributed by atoms with E-state index >= 15 is 0 Å². The quantitative estimate of drug-likeness (QED) is 0.295. The third-order valence-corrected chi connectivity index (χ3v) is 5.54. The van der Waals surface area contributed by atoms with E-state index in [9.17, 15) is 30.6 Å². The molecule has 3 saturated heterocycles. The monoisotopic (exact) mass is 430 g/mol. The first-order valence-corrected chi connectivity index (χ1v) is 9.70. The van der Waals surface area contributed by atoms with Crippen LogP contribution in [0, 0.1) is 0 Å². The lowest BCUT2D eigenvalue weighted by atomic mass is 9.96. The van der Waals surface area contributed by atoms with Crippen LogP contribution in [0.15, 0.2) is 30.3 Å². The predicted octanol–water partition coefficient (Wildman–Crippen LogP) is -2.64. The number of aliphatic hydroxyl groups excluding tert-OH is 6. The second kappa shape index (κ2) is 9.10. The van der Waals surface area contributed by atoms with Gasteiger partial charge in [0, 0.05) is 5.56 Å². The predicted molar refractivity (Wildman–Crippen MR) is 95.5 cm³/mol. The fraction of sp³-hybridized carbons (Fsp3) is 0.684. The maximum absolute atomic E-state index is 10.6. The van der Waals surface area contributed by atoms with Crippen molar-refractivity contribution in [2.24, 2.45) is 0 Å². The van der Waals surface area contributed by atoms with Crippen molar-refractivity contribution in [2.45, 2.75) is 67.7 Å². The van der Waals surface area contributed by atoms with Crippen molar-refractivity contribution in [1.82, 2.24) is 0 Å². The molecule has 0 amide bonds. The van der Waals surface area contributed by atoms with Crippen LogP contribution in [-0.4, -0.2) is 105 Å². The number of ether oxygens (including phenoxy) is 5. The summed E-state index contributed by atoms with van der Waals surface area (Å²) in [6.07, 6.45) is -14.3. The highest BCUT2D eigenvalue weighted by Crippen LogP contribution is 2.35. The van der Waals surface area contributed by atoms with Crippen molar-refractivity contribution in [3.05, 3.63) is 35.9 Å². The summed E-state index contributed by atoms with van der Waals surface area (Å²) < 4.78 is 27.7. The first-order chi connectivity index (χ1) is 14.4. The van der Waals surface area contributed by atoms with Gasteiger partial charge < -0.3 is 54.3 Å². The SMILES string of the molecule is OC[C@H]1OC(O)[C@H](O)[C@@H](O)[C@@H]1O[C@@H]1O[C@@H]2CO[C@@H](c3ccccc3)O[C@H]2[C@H](O)[C@H]1O. The Labute approximate surface area is 171 Å². The second-order valence-corrected chi connectivity index (χ2v) is 7.53. The molecule has 30 heavy (non-hydrogen) atoms. The van der Waals surface area contributed by atoms with Crippen LogP contribution in [0.4, 0.5) is 0 Å². The van der Waals surface area contributed by atoms with E-state index in [2.05, 4.69) is 0 Å². The number of hydrogen-bond acceptors (Lipinski definition) is 11. The molecule has 3 aliphatic rings. The zero-order valence-corrected chi connectivity index (χ0v) is 15.9. The lowest BCUT2D eigenvalue weighted by Gasteiger charge is -2.48. The van der Waals surface area contributed by atoms with Crippen LogP contribution in [0.5, 0.6) is 0 Å². The molecule has 0 spiro atoms. The molecular weight excluding hydrogens is 404 g/mol. The third kappa shape index (κ3) is 4.11. The van der Waals surface area contributed by atoms with Gasteiger partial charge in [-0.25, -0.2) is 0 Å². The molecule has 6 N–H and O–H groups in total. The maximum atomic E-state index is 10.6. The molecule has 11 heteroatoms. The van der Waals surface area contributed by atoms with Crippen LogP contribution in [0.3, 0.4) is 0 Å². The lowest BCUT2D eigenvalue weighted by molar-refractivity contribution is -0.384. The molecule has 0 aliphatic carbocycles. The summed E-state index contributed by atoms with van der Waals surface area (Å²) in [5.41, 5.74) is 0.747. The van der Waals surface area contributed by atoms with E-state index in [1.807, 2.05) is 30.3 Å². The molecule has 11 atom stereocenters. The summed E-state index contributed by atoms with van der Waals surface area (Å²) in [7, 11) is 0. The molecule has 1 aromatic carbocycles. The van der Waals surface area contributed by atoms with E-state index in [0.29, 0.717) is 0 Å². The number of aliphatic hydroxyl groups is 6. The van der Waals surface area contributed by atoms with Crippen LogP contribution < -0.4 is 0 Å². The van der Waals surface area contributed by atoms with Crippen molar-refractivity contribution in [3.63, 3.8) is 0 Å². The van der Waals surface area contributed by atoms with Crippen molar-refractivity contribution in [2.75, 3.05) is 13.2 Å². The molecular formula is C19H26O11. The van der Waals surface area contributed by atoms with Gasteiger partial charge in [-0.3, -0.25) is 0 Å². The van der Waals surface area contributed by atoms with Gasteiger partial charge in [-0.15, -0.1) is 0 Å². The molecule has 4 rings (SSSR count). The van der Waals surface area contributed by atoms with Gasteiger partial charge in [-0.1, -0.05) is 30.3 Å². The molecule has 0 aromatic heterocycles. The van der Waals surface area contributed by atoms with Gasteiger partial charge in [0.05, 0.1) is 13.2 Å². The summed E-state index contributed by atoms with van der Waals surface area (Å²) in [5, 5.41) is 60.2. The molecule has 0 saturated carbocycles. The zero-order chi connectivity index (χ0) is 21.4. The van der Waals surface area contributed by atoms with Gasteiger partial charge in [0.2, 0.25) is 0 Å². The van der Waals surface area contributed by atoms with E-state index < -0.39 is 74.3 Å². The Morgan fingerprint density at radius 2 is 1.60 bits per heavy atom.